The first-order valence-electron chi connectivity index (χ1n) is 4.75. The third kappa shape index (κ3) is 2.14. The highest BCUT2D eigenvalue weighted by molar-refractivity contribution is 6.43. The number of hydrogen-bond donors (Lipinski definition) is 1. The smallest absolute Gasteiger partial charge is 0.354 e. The minimum atomic E-state index is -1.07. The highest BCUT2D eigenvalue weighted by Crippen LogP contribution is 2.29. The van der Waals surface area contributed by atoms with Gasteiger partial charge >= 0.3 is 5.97 Å². The predicted molar refractivity (Wildman–Crippen MR) is 65.3 cm³/mol. The van der Waals surface area contributed by atoms with E-state index in [1.54, 1.807) is 25.1 Å². The fraction of sp³-hybridized carbons (Fsp3) is 0.0909. The van der Waals surface area contributed by atoms with Gasteiger partial charge in [0, 0.05) is 0 Å². The Hall–Kier alpha value is -1.52. The van der Waals surface area contributed by atoms with Gasteiger partial charge < -0.3 is 5.11 Å². The molecule has 1 aromatic carbocycles. The molecule has 4 nitrogen and oxygen atoms in total. The molecule has 0 fully saturated rings. The zero-order valence-electron chi connectivity index (χ0n) is 8.82. The third-order valence-electron chi connectivity index (χ3n) is 2.21. The van der Waals surface area contributed by atoms with Crippen LogP contribution in [0.2, 0.25) is 10.0 Å². The average Bonchev–Trinajstić information content (AvgIpc) is 2.64. The van der Waals surface area contributed by atoms with Gasteiger partial charge in [-0.25, -0.2) is 9.48 Å². The third-order valence-corrected chi connectivity index (χ3v) is 3.02. The molecule has 1 heterocycles. The van der Waals surface area contributed by atoms with Crippen LogP contribution in [-0.4, -0.2) is 20.9 Å². The molecule has 0 atom stereocenters. The van der Waals surface area contributed by atoms with Crippen molar-refractivity contribution in [3.63, 3.8) is 0 Å². The largest absolute Gasteiger partial charge is 0.477 e. The second-order valence-electron chi connectivity index (χ2n) is 3.46. The minimum Gasteiger partial charge on any atom is -0.477 e. The van der Waals surface area contributed by atoms with Crippen molar-refractivity contribution < 1.29 is 9.90 Å². The van der Waals surface area contributed by atoms with E-state index in [0.717, 1.165) is 0 Å². The van der Waals surface area contributed by atoms with E-state index < -0.39 is 5.97 Å². The molecule has 0 saturated carbocycles. The summed E-state index contributed by atoms with van der Waals surface area (Å²) in [7, 11) is 0. The SMILES string of the molecule is Cc1cc(C(=O)O)n(-c2cccc(Cl)c2Cl)n1. The Bertz CT molecular complexity index is 593. The fourth-order valence-electron chi connectivity index (χ4n) is 1.49. The van der Waals surface area contributed by atoms with Crippen molar-refractivity contribution in [2.24, 2.45) is 0 Å². The summed E-state index contributed by atoms with van der Waals surface area (Å²) >= 11 is 11.9. The molecule has 88 valence electrons. The second-order valence-corrected chi connectivity index (χ2v) is 4.25. The molecule has 0 radical (unpaired) electrons. The predicted octanol–water partition coefficient (Wildman–Crippen LogP) is 3.19. The first kappa shape index (κ1) is 12.0. The van der Waals surface area contributed by atoms with Gasteiger partial charge in [0.05, 0.1) is 21.4 Å². The maximum absolute atomic E-state index is 11.1. The maximum atomic E-state index is 11.1. The van der Waals surface area contributed by atoms with E-state index in [9.17, 15) is 4.79 Å². The zero-order valence-corrected chi connectivity index (χ0v) is 10.3. The molecule has 1 aromatic heterocycles. The normalized spacial score (nSPS) is 10.5. The van der Waals surface area contributed by atoms with Crippen molar-refractivity contribution in [1.29, 1.82) is 0 Å². The number of carbonyl (C=O) groups is 1. The Morgan fingerprint density at radius 2 is 2.12 bits per heavy atom. The summed E-state index contributed by atoms with van der Waals surface area (Å²) in [4.78, 5) is 11.1. The highest BCUT2D eigenvalue weighted by atomic mass is 35.5. The number of carboxylic acids is 1. The second kappa shape index (κ2) is 4.39. The molecule has 17 heavy (non-hydrogen) atoms. The van der Waals surface area contributed by atoms with E-state index in [1.165, 1.54) is 10.7 Å². The maximum Gasteiger partial charge on any atom is 0.354 e. The first-order valence-corrected chi connectivity index (χ1v) is 5.50. The number of rotatable bonds is 2. The quantitative estimate of drug-likeness (QED) is 0.912. The molecule has 0 amide bonds. The molecule has 1 N–H and O–H groups in total. The van der Waals surface area contributed by atoms with Crippen LogP contribution in [0.4, 0.5) is 0 Å². The molecular formula is C11H8Cl2N2O2. The van der Waals surface area contributed by atoms with Crippen molar-refractivity contribution in [2.45, 2.75) is 6.92 Å². The van der Waals surface area contributed by atoms with Crippen LogP contribution < -0.4 is 0 Å². The van der Waals surface area contributed by atoms with E-state index in [4.69, 9.17) is 28.3 Å². The summed E-state index contributed by atoms with van der Waals surface area (Å²) in [6.07, 6.45) is 0. The van der Waals surface area contributed by atoms with Crippen LogP contribution in [0.1, 0.15) is 16.2 Å². The molecule has 0 aliphatic carbocycles. The van der Waals surface area contributed by atoms with Crippen LogP contribution in [0.5, 0.6) is 0 Å². The standard InChI is InChI=1S/C11H8Cl2N2O2/c1-6-5-9(11(16)17)15(14-6)8-4-2-3-7(12)10(8)13/h2-5H,1H3,(H,16,17). The van der Waals surface area contributed by atoms with Crippen LogP contribution in [0.15, 0.2) is 24.3 Å². The topological polar surface area (TPSA) is 55.1 Å². The molecule has 2 rings (SSSR count). The number of aromatic nitrogens is 2. The summed E-state index contributed by atoms with van der Waals surface area (Å²) in [5, 5.41) is 13.8. The zero-order chi connectivity index (χ0) is 12.6. The van der Waals surface area contributed by atoms with Crippen LogP contribution in [0.3, 0.4) is 0 Å². The van der Waals surface area contributed by atoms with Gasteiger partial charge in [0.25, 0.3) is 0 Å². The Balaban J connectivity index is 2.68. The summed E-state index contributed by atoms with van der Waals surface area (Å²) in [5.41, 5.74) is 1.09. The minimum absolute atomic E-state index is 0.0478. The van der Waals surface area contributed by atoms with Gasteiger partial charge in [0.15, 0.2) is 5.69 Å². The van der Waals surface area contributed by atoms with Gasteiger partial charge in [-0.2, -0.15) is 5.10 Å². The molecule has 0 aliphatic rings. The Morgan fingerprint density at radius 1 is 1.41 bits per heavy atom. The van der Waals surface area contributed by atoms with Gasteiger partial charge in [0.1, 0.15) is 0 Å². The molecule has 0 bridgehead atoms. The summed E-state index contributed by atoms with van der Waals surface area (Å²) in [6, 6.07) is 6.45. The number of aromatic carboxylic acids is 1. The van der Waals surface area contributed by atoms with Crippen LogP contribution >= 0.6 is 23.2 Å². The molecule has 0 spiro atoms. The van der Waals surface area contributed by atoms with Gasteiger partial charge in [-0.3, -0.25) is 0 Å². The van der Waals surface area contributed by atoms with Crippen LogP contribution in [0, 0.1) is 6.92 Å². The Morgan fingerprint density at radius 3 is 2.76 bits per heavy atom. The Kier molecular flexibility index (Phi) is 3.09. The molecule has 6 heteroatoms. The van der Waals surface area contributed by atoms with Crippen molar-refractivity contribution in [2.75, 3.05) is 0 Å². The summed E-state index contributed by atoms with van der Waals surface area (Å²) in [6.45, 7) is 1.71. The highest BCUT2D eigenvalue weighted by Gasteiger charge is 2.16. The number of hydrogen-bond acceptors (Lipinski definition) is 2. The number of carboxylic acid groups (broad SMARTS) is 1. The van der Waals surface area contributed by atoms with Gasteiger partial charge in [-0.1, -0.05) is 29.3 Å². The number of benzene rings is 1. The monoisotopic (exact) mass is 270 g/mol. The van der Waals surface area contributed by atoms with Gasteiger partial charge in [0.2, 0.25) is 0 Å². The van der Waals surface area contributed by atoms with Crippen molar-refractivity contribution in [3.8, 4) is 5.69 Å². The lowest BCUT2D eigenvalue weighted by molar-refractivity contribution is 0.0687. The molecule has 0 unspecified atom stereocenters. The van der Waals surface area contributed by atoms with Crippen LogP contribution in [0.25, 0.3) is 5.69 Å². The molecular weight excluding hydrogens is 263 g/mol. The lowest BCUT2D eigenvalue weighted by Crippen LogP contribution is -2.08. The molecule has 2 aromatic rings. The lowest BCUT2D eigenvalue weighted by atomic mass is 10.3. The fourth-order valence-corrected chi connectivity index (χ4v) is 1.87. The first-order chi connectivity index (χ1) is 8.00. The van der Waals surface area contributed by atoms with E-state index in [-0.39, 0.29) is 10.7 Å². The van der Waals surface area contributed by atoms with Crippen molar-refractivity contribution >= 4 is 29.2 Å². The van der Waals surface area contributed by atoms with Crippen molar-refractivity contribution in [1.82, 2.24) is 9.78 Å². The van der Waals surface area contributed by atoms with E-state index in [1.807, 2.05) is 0 Å². The number of aryl methyl sites for hydroxylation is 1. The van der Waals surface area contributed by atoms with Gasteiger partial charge in [-0.15, -0.1) is 0 Å². The van der Waals surface area contributed by atoms with E-state index in [0.29, 0.717) is 16.4 Å². The summed E-state index contributed by atoms with van der Waals surface area (Å²) in [5.74, 6) is -1.07. The van der Waals surface area contributed by atoms with Crippen LogP contribution in [-0.2, 0) is 0 Å². The molecule has 0 aliphatic heterocycles. The number of nitrogens with zero attached hydrogens (tertiary/aromatic N) is 2. The Labute approximate surface area is 107 Å². The van der Waals surface area contributed by atoms with Crippen molar-refractivity contribution in [3.05, 3.63) is 45.7 Å². The van der Waals surface area contributed by atoms with E-state index in [2.05, 4.69) is 5.10 Å². The van der Waals surface area contributed by atoms with E-state index >= 15 is 0 Å². The molecule has 0 saturated heterocycles. The summed E-state index contributed by atoms with van der Waals surface area (Å²) < 4.78 is 1.27. The average molecular weight is 271 g/mol. The number of halogens is 2. The van der Waals surface area contributed by atoms with Gasteiger partial charge in [-0.05, 0) is 25.1 Å². The lowest BCUT2D eigenvalue weighted by Gasteiger charge is -2.07.